The van der Waals surface area contributed by atoms with Crippen LogP contribution in [0.3, 0.4) is 0 Å². The number of methoxy groups -OCH3 is 1. The van der Waals surface area contributed by atoms with Crippen LogP contribution in [-0.2, 0) is 0 Å². The molecule has 0 bridgehead atoms. The van der Waals surface area contributed by atoms with E-state index in [9.17, 15) is 4.79 Å². The second-order valence-electron chi connectivity index (χ2n) is 7.68. The van der Waals surface area contributed by atoms with Crippen LogP contribution in [0.5, 0.6) is 11.5 Å². The molecule has 2 aromatic carbocycles. The molecule has 4 rings (SSSR count). The maximum absolute atomic E-state index is 12.9. The molecule has 28 heavy (non-hydrogen) atoms. The van der Waals surface area contributed by atoms with Crippen LogP contribution in [-0.4, -0.2) is 38.1 Å². The van der Waals surface area contributed by atoms with Gasteiger partial charge in [0.25, 0.3) is 0 Å². The summed E-state index contributed by atoms with van der Waals surface area (Å²) < 4.78 is 11.4. The van der Waals surface area contributed by atoms with Gasteiger partial charge in [0, 0.05) is 30.9 Å². The van der Waals surface area contributed by atoms with Crippen molar-refractivity contribution in [2.24, 2.45) is 0 Å². The molecule has 0 amide bonds. The Morgan fingerprint density at radius 2 is 1.89 bits per heavy atom. The van der Waals surface area contributed by atoms with Crippen molar-refractivity contribution in [1.82, 2.24) is 5.32 Å². The summed E-state index contributed by atoms with van der Waals surface area (Å²) in [6.45, 7) is 6.20. The molecule has 1 saturated heterocycles. The van der Waals surface area contributed by atoms with E-state index in [4.69, 9.17) is 21.1 Å². The van der Waals surface area contributed by atoms with Gasteiger partial charge in [0.15, 0.2) is 5.78 Å². The highest BCUT2D eigenvalue weighted by Crippen LogP contribution is 2.38. The lowest BCUT2D eigenvalue weighted by molar-refractivity contribution is 0.0850. The molecule has 0 aromatic heterocycles. The number of ether oxygens (including phenoxy) is 2. The van der Waals surface area contributed by atoms with Gasteiger partial charge in [0.05, 0.1) is 24.1 Å². The number of Topliss-reactive ketones (excluding diaryl/α,β-unsaturated/α-hetero) is 1. The number of hydrogen-bond acceptors (Lipinski definition) is 5. The molecule has 0 radical (unpaired) electrons. The number of hydrogen-bond donors (Lipinski definition) is 1. The molecule has 1 N–H and O–H groups in total. The topological polar surface area (TPSA) is 50.8 Å². The predicted octanol–water partition coefficient (Wildman–Crippen LogP) is 4.24. The molecule has 2 aromatic rings. The second-order valence-corrected chi connectivity index (χ2v) is 8.09. The number of nitrogens with zero attached hydrogens (tertiary/aromatic N) is 1. The van der Waals surface area contributed by atoms with E-state index in [1.165, 1.54) is 0 Å². The third kappa shape index (κ3) is 3.69. The largest absolute Gasteiger partial charge is 0.495 e. The monoisotopic (exact) mass is 400 g/mol. The van der Waals surface area contributed by atoms with Crippen molar-refractivity contribution in [2.45, 2.75) is 38.5 Å². The molecule has 1 fully saturated rings. The normalized spacial score (nSPS) is 24.5. The van der Waals surface area contributed by atoms with Crippen LogP contribution in [0.15, 0.2) is 36.4 Å². The summed E-state index contributed by atoms with van der Waals surface area (Å²) in [5, 5.41) is 4.05. The van der Waals surface area contributed by atoms with Crippen LogP contribution in [0.25, 0.3) is 0 Å². The molecule has 0 aliphatic carbocycles. The first-order valence-corrected chi connectivity index (χ1v) is 10.0. The molecule has 2 heterocycles. The minimum atomic E-state index is -0.339. The van der Waals surface area contributed by atoms with Crippen LogP contribution in [0.2, 0.25) is 5.02 Å². The number of rotatable bonds is 3. The van der Waals surface area contributed by atoms with E-state index < -0.39 is 0 Å². The Bertz CT molecular complexity index is 891. The molecule has 2 aliphatic heterocycles. The molecule has 0 spiro atoms. The highest BCUT2D eigenvalue weighted by molar-refractivity contribution is 6.32. The van der Waals surface area contributed by atoms with Crippen LogP contribution in [0, 0.1) is 0 Å². The zero-order chi connectivity index (χ0) is 19.8. The zero-order valence-electron chi connectivity index (χ0n) is 16.4. The van der Waals surface area contributed by atoms with Gasteiger partial charge in [-0.05, 0) is 49.7 Å². The second kappa shape index (κ2) is 7.64. The van der Waals surface area contributed by atoms with Gasteiger partial charge in [-0.2, -0.15) is 0 Å². The number of fused-ring (bicyclic) bond motifs is 1. The summed E-state index contributed by atoms with van der Waals surface area (Å²) in [7, 11) is 1.58. The van der Waals surface area contributed by atoms with Crippen molar-refractivity contribution in [1.29, 1.82) is 0 Å². The van der Waals surface area contributed by atoms with Gasteiger partial charge in [-0.15, -0.1) is 0 Å². The van der Waals surface area contributed by atoms with Gasteiger partial charge < -0.3 is 19.7 Å². The highest BCUT2D eigenvalue weighted by atomic mass is 35.5. The first-order chi connectivity index (χ1) is 13.4. The maximum Gasteiger partial charge on any atom is 0.170 e. The maximum atomic E-state index is 12.9. The van der Waals surface area contributed by atoms with Crippen molar-refractivity contribution in [3.8, 4) is 11.5 Å². The number of carbonyl (C=O) groups excluding carboxylic acids is 1. The van der Waals surface area contributed by atoms with Gasteiger partial charge >= 0.3 is 0 Å². The van der Waals surface area contributed by atoms with E-state index in [-0.39, 0.29) is 11.9 Å². The van der Waals surface area contributed by atoms with Gasteiger partial charge in [-0.25, -0.2) is 0 Å². The van der Waals surface area contributed by atoms with Crippen molar-refractivity contribution in [2.75, 3.05) is 25.1 Å². The SMILES string of the molecule is COc1ccc(C2CC(=O)c3cc(N4C[C@@H](C)N[C@@H](C)C4)ccc3O2)cc1Cl. The molecule has 1 unspecified atom stereocenters. The molecule has 3 atom stereocenters. The number of piperazine rings is 1. The summed E-state index contributed by atoms with van der Waals surface area (Å²) in [5.74, 6) is 1.33. The minimum absolute atomic E-state index is 0.0938. The molecule has 2 aliphatic rings. The Morgan fingerprint density at radius 3 is 2.57 bits per heavy atom. The lowest BCUT2D eigenvalue weighted by Gasteiger charge is -2.38. The summed E-state index contributed by atoms with van der Waals surface area (Å²) in [4.78, 5) is 15.2. The smallest absolute Gasteiger partial charge is 0.170 e. The van der Waals surface area contributed by atoms with Gasteiger partial charge in [0.1, 0.15) is 17.6 Å². The van der Waals surface area contributed by atoms with Crippen molar-refractivity contribution in [3.05, 3.63) is 52.5 Å². The minimum Gasteiger partial charge on any atom is -0.495 e. The third-order valence-corrected chi connectivity index (χ3v) is 5.67. The fraction of sp³-hybridized carbons (Fsp3) is 0.409. The van der Waals surface area contributed by atoms with Crippen LogP contribution >= 0.6 is 11.6 Å². The Labute approximate surface area is 170 Å². The van der Waals surface area contributed by atoms with E-state index in [0.717, 1.165) is 24.3 Å². The number of anilines is 1. The number of benzene rings is 2. The number of halogens is 1. The summed E-state index contributed by atoms with van der Waals surface area (Å²) in [6.07, 6.45) is -0.0403. The highest BCUT2D eigenvalue weighted by Gasteiger charge is 2.29. The molecule has 6 heteroatoms. The third-order valence-electron chi connectivity index (χ3n) is 5.37. The van der Waals surface area contributed by atoms with Gasteiger partial charge in [-0.1, -0.05) is 17.7 Å². The summed E-state index contributed by atoms with van der Waals surface area (Å²) >= 11 is 6.24. The Morgan fingerprint density at radius 1 is 1.14 bits per heavy atom. The molecular weight excluding hydrogens is 376 g/mol. The standard InChI is InChI=1S/C22H25ClN2O3/c1-13-11-25(12-14(2)24-13)16-5-7-20-17(9-16)19(26)10-22(28-20)15-4-6-21(27-3)18(23)8-15/h4-9,13-14,22,24H,10-12H2,1-3H3/t13-,14+,22?. The summed E-state index contributed by atoms with van der Waals surface area (Å²) in [5.41, 5.74) is 2.60. The number of carbonyl (C=O) groups is 1. The van der Waals surface area contributed by atoms with Gasteiger partial charge in [-0.3, -0.25) is 4.79 Å². The van der Waals surface area contributed by atoms with E-state index >= 15 is 0 Å². The van der Waals surface area contributed by atoms with Crippen molar-refractivity contribution >= 4 is 23.1 Å². The fourth-order valence-corrected chi connectivity index (χ4v) is 4.38. The Hall–Kier alpha value is -2.24. The van der Waals surface area contributed by atoms with Crippen molar-refractivity contribution < 1.29 is 14.3 Å². The lowest BCUT2D eigenvalue weighted by atomic mass is 9.95. The van der Waals surface area contributed by atoms with E-state index in [1.54, 1.807) is 19.2 Å². The van der Waals surface area contributed by atoms with Crippen LogP contribution < -0.4 is 19.7 Å². The average Bonchev–Trinajstić information content (AvgIpc) is 2.67. The Kier molecular flexibility index (Phi) is 5.21. The van der Waals surface area contributed by atoms with E-state index in [0.29, 0.717) is 40.6 Å². The first kappa shape index (κ1) is 19.1. The average molecular weight is 401 g/mol. The van der Waals surface area contributed by atoms with Crippen LogP contribution in [0.1, 0.15) is 42.3 Å². The predicted molar refractivity (Wildman–Crippen MR) is 111 cm³/mol. The first-order valence-electron chi connectivity index (χ1n) is 9.63. The van der Waals surface area contributed by atoms with E-state index in [2.05, 4.69) is 24.1 Å². The molecule has 148 valence electrons. The Balaban J connectivity index is 1.58. The summed E-state index contributed by atoms with van der Waals surface area (Å²) in [6, 6.07) is 12.3. The molecule has 0 saturated carbocycles. The number of ketones is 1. The number of nitrogens with one attached hydrogen (secondary N) is 1. The van der Waals surface area contributed by atoms with Crippen LogP contribution in [0.4, 0.5) is 5.69 Å². The zero-order valence-corrected chi connectivity index (χ0v) is 17.1. The molecular formula is C22H25ClN2O3. The molecule has 5 nitrogen and oxygen atoms in total. The van der Waals surface area contributed by atoms with Gasteiger partial charge in [0.2, 0.25) is 0 Å². The lowest BCUT2D eigenvalue weighted by Crippen LogP contribution is -2.54. The fourth-order valence-electron chi connectivity index (χ4n) is 4.12. The van der Waals surface area contributed by atoms with Crippen molar-refractivity contribution in [3.63, 3.8) is 0 Å². The quantitative estimate of drug-likeness (QED) is 0.835. The van der Waals surface area contributed by atoms with E-state index in [1.807, 2.05) is 24.3 Å².